The van der Waals surface area contributed by atoms with Crippen molar-refractivity contribution in [2.45, 2.75) is 52.6 Å². The summed E-state index contributed by atoms with van der Waals surface area (Å²) in [6.07, 6.45) is 2.11. The van der Waals surface area contributed by atoms with Gasteiger partial charge in [-0.15, -0.1) is 0 Å². The van der Waals surface area contributed by atoms with Crippen molar-refractivity contribution < 1.29 is 9.59 Å². The third-order valence-corrected chi connectivity index (χ3v) is 5.38. The Morgan fingerprint density at radius 2 is 1.90 bits per heavy atom. The monoisotopic (exact) mass is 434 g/mol. The third kappa shape index (κ3) is 7.06. The normalized spacial score (nSPS) is 11.8. The minimum absolute atomic E-state index is 0.125. The van der Waals surface area contributed by atoms with Crippen molar-refractivity contribution >= 4 is 35.0 Å². The van der Waals surface area contributed by atoms with Gasteiger partial charge in [-0.3, -0.25) is 9.59 Å². The van der Waals surface area contributed by atoms with Gasteiger partial charge in [-0.2, -0.15) is 0 Å². The molecule has 2 aromatic carbocycles. The molecule has 0 spiro atoms. The van der Waals surface area contributed by atoms with Crippen LogP contribution in [0.4, 0.5) is 0 Å². The molecule has 2 amide bonds. The second-order valence-corrected chi connectivity index (χ2v) is 8.09. The molecule has 156 valence electrons. The summed E-state index contributed by atoms with van der Waals surface area (Å²) in [5.41, 5.74) is 2.76. The fourth-order valence-corrected chi connectivity index (χ4v) is 3.52. The van der Waals surface area contributed by atoms with Gasteiger partial charge in [0.1, 0.15) is 6.04 Å². The molecule has 0 radical (unpaired) electrons. The van der Waals surface area contributed by atoms with Crippen LogP contribution in [0.5, 0.6) is 0 Å². The van der Waals surface area contributed by atoms with E-state index >= 15 is 0 Å². The SMILES string of the molecule is CCCCNC(=O)[C@@H](C)N(Cc1ccc(Cl)cc1Cl)C(=O)Cc1cccc(C)c1. The maximum absolute atomic E-state index is 13.2. The van der Waals surface area contributed by atoms with Crippen molar-refractivity contribution in [1.82, 2.24) is 10.2 Å². The molecule has 0 aromatic heterocycles. The first-order valence-corrected chi connectivity index (χ1v) is 10.6. The summed E-state index contributed by atoms with van der Waals surface area (Å²) in [7, 11) is 0. The Kier molecular flexibility index (Phi) is 8.99. The molecule has 0 fully saturated rings. The van der Waals surface area contributed by atoms with Crippen molar-refractivity contribution in [2.75, 3.05) is 6.54 Å². The van der Waals surface area contributed by atoms with Crippen LogP contribution in [-0.4, -0.2) is 29.3 Å². The molecule has 0 bridgehead atoms. The molecule has 0 aliphatic carbocycles. The molecule has 0 aliphatic heterocycles. The lowest BCUT2D eigenvalue weighted by Gasteiger charge is -2.29. The van der Waals surface area contributed by atoms with Crippen LogP contribution < -0.4 is 5.32 Å². The maximum Gasteiger partial charge on any atom is 0.242 e. The van der Waals surface area contributed by atoms with E-state index in [0.29, 0.717) is 16.6 Å². The number of benzene rings is 2. The minimum Gasteiger partial charge on any atom is -0.354 e. The predicted octanol–water partition coefficient (Wildman–Crippen LogP) is 5.18. The highest BCUT2D eigenvalue weighted by atomic mass is 35.5. The Morgan fingerprint density at radius 1 is 1.14 bits per heavy atom. The summed E-state index contributed by atoms with van der Waals surface area (Å²) in [6.45, 7) is 6.64. The van der Waals surface area contributed by atoms with E-state index in [2.05, 4.69) is 12.2 Å². The van der Waals surface area contributed by atoms with E-state index in [1.165, 1.54) is 0 Å². The highest BCUT2D eigenvalue weighted by Gasteiger charge is 2.26. The van der Waals surface area contributed by atoms with Crippen molar-refractivity contribution in [2.24, 2.45) is 0 Å². The van der Waals surface area contributed by atoms with E-state index in [-0.39, 0.29) is 24.8 Å². The molecule has 0 saturated carbocycles. The number of halogens is 2. The van der Waals surface area contributed by atoms with Crippen LogP contribution in [0.15, 0.2) is 42.5 Å². The smallest absolute Gasteiger partial charge is 0.242 e. The molecule has 0 heterocycles. The number of unbranched alkanes of at least 4 members (excludes halogenated alkanes) is 1. The average molecular weight is 435 g/mol. The van der Waals surface area contributed by atoms with E-state index in [9.17, 15) is 9.59 Å². The van der Waals surface area contributed by atoms with Crippen LogP contribution in [-0.2, 0) is 22.6 Å². The van der Waals surface area contributed by atoms with Gasteiger partial charge < -0.3 is 10.2 Å². The molecule has 2 rings (SSSR count). The number of amides is 2. The molecule has 4 nitrogen and oxygen atoms in total. The first-order chi connectivity index (χ1) is 13.8. The minimum atomic E-state index is -0.615. The van der Waals surface area contributed by atoms with Crippen molar-refractivity contribution in [1.29, 1.82) is 0 Å². The summed E-state index contributed by atoms with van der Waals surface area (Å²) in [4.78, 5) is 27.4. The summed E-state index contributed by atoms with van der Waals surface area (Å²) < 4.78 is 0. The zero-order valence-electron chi connectivity index (χ0n) is 17.2. The number of nitrogens with zero attached hydrogens (tertiary/aromatic N) is 1. The quantitative estimate of drug-likeness (QED) is 0.552. The Hall–Kier alpha value is -2.04. The molecule has 6 heteroatoms. The number of carbonyl (C=O) groups is 2. The van der Waals surface area contributed by atoms with E-state index in [0.717, 1.165) is 29.5 Å². The summed E-state index contributed by atoms with van der Waals surface area (Å²) in [5.74, 6) is -0.291. The summed E-state index contributed by atoms with van der Waals surface area (Å²) in [6, 6.07) is 12.4. The van der Waals surface area contributed by atoms with Crippen LogP contribution >= 0.6 is 23.2 Å². The van der Waals surface area contributed by atoms with Gasteiger partial charge in [0, 0.05) is 23.1 Å². The fraction of sp³-hybridized carbons (Fsp3) is 0.391. The van der Waals surface area contributed by atoms with Gasteiger partial charge in [0.25, 0.3) is 0 Å². The largest absolute Gasteiger partial charge is 0.354 e. The van der Waals surface area contributed by atoms with Gasteiger partial charge in [-0.05, 0) is 43.5 Å². The molecule has 0 saturated heterocycles. The van der Waals surface area contributed by atoms with Crippen LogP contribution in [0.25, 0.3) is 0 Å². The van der Waals surface area contributed by atoms with E-state index in [1.807, 2.05) is 31.2 Å². The topological polar surface area (TPSA) is 49.4 Å². The predicted molar refractivity (Wildman–Crippen MR) is 119 cm³/mol. The second-order valence-electron chi connectivity index (χ2n) is 7.24. The van der Waals surface area contributed by atoms with Crippen molar-refractivity contribution in [3.63, 3.8) is 0 Å². The molecular formula is C23H28Cl2N2O2. The zero-order chi connectivity index (χ0) is 21.4. The molecule has 29 heavy (non-hydrogen) atoms. The Labute approximate surface area is 183 Å². The van der Waals surface area contributed by atoms with Gasteiger partial charge in [0.05, 0.1) is 6.42 Å². The van der Waals surface area contributed by atoms with Gasteiger partial charge in [-0.1, -0.05) is 72.4 Å². The first-order valence-electron chi connectivity index (χ1n) is 9.88. The number of nitrogens with one attached hydrogen (secondary N) is 1. The van der Waals surface area contributed by atoms with E-state index in [1.54, 1.807) is 30.0 Å². The number of aryl methyl sites for hydroxylation is 1. The average Bonchev–Trinajstić information content (AvgIpc) is 2.67. The van der Waals surface area contributed by atoms with E-state index in [4.69, 9.17) is 23.2 Å². The Balaban J connectivity index is 2.23. The summed E-state index contributed by atoms with van der Waals surface area (Å²) >= 11 is 12.3. The number of hydrogen-bond acceptors (Lipinski definition) is 2. The lowest BCUT2D eigenvalue weighted by atomic mass is 10.1. The maximum atomic E-state index is 13.2. The summed E-state index contributed by atoms with van der Waals surface area (Å²) in [5, 5.41) is 3.92. The lowest BCUT2D eigenvalue weighted by Crippen LogP contribution is -2.48. The van der Waals surface area contributed by atoms with Crippen LogP contribution in [0, 0.1) is 6.92 Å². The van der Waals surface area contributed by atoms with Gasteiger partial charge in [0.2, 0.25) is 11.8 Å². The van der Waals surface area contributed by atoms with E-state index < -0.39 is 6.04 Å². The lowest BCUT2D eigenvalue weighted by molar-refractivity contribution is -0.140. The number of carbonyl (C=O) groups excluding carboxylic acids is 2. The molecule has 0 aliphatic rings. The van der Waals surface area contributed by atoms with Crippen LogP contribution in [0.1, 0.15) is 43.4 Å². The Morgan fingerprint density at radius 3 is 2.55 bits per heavy atom. The molecule has 0 unspecified atom stereocenters. The van der Waals surface area contributed by atoms with Gasteiger partial charge >= 0.3 is 0 Å². The molecule has 1 N–H and O–H groups in total. The second kappa shape index (κ2) is 11.2. The molecule has 1 atom stereocenters. The number of rotatable bonds is 9. The molecular weight excluding hydrogens is 407 g/mol. The standard InChI is InChI=1S/C23H28Cl2N2O2/c1-4-5-11-26-23(29)17(3)27(15-19-9-10-20(24)14-21(19)25)22(28)13-18-8-6-7-16(2)12-18/h6-10,12,14,17H,4-5,11,13,15H2,1-3H3,(H,26,29)/t17-/m1/s1. The van der Waals surface area contributed by atoms with Gasteiger partial charge in [0.15, 0.2) is 0 Å². The van der Waals surface area contributed by atoms with Crippen molar-refractivity contribution in [3.8, 4) is 0 Å². The van der Waals surface area contributed by atoms with Crippen LogP contribution in [0.2, 0.25) is 10.0 Å². The third-order valence-electron chi connectivity index (χ3n) is 4.79. The van der Waals surface area contributed by atoms with Gasteiger partial charge in [-0.25, -0.2) is 0 Å². The highest BCUT2D eigenvalue weighted by Crippen LogP contribution is 2.23. The van der Waals surface area contributed by atoms with Crippen molar-refractivity contribution in [3.05, 3.63) is 69.2 Å². The molecule has 2 aromatic rings. The fourth-order valence-electron chi connectivity index (χ4n) is 3.05. The number of hydrogen-bond donors (Lipinski definition) is 1. The van der Waals surface area contributed by atoms with Crippen LogP contribution in [0.3, 0.4) is 0 Å². The first kappa shape index (κ1) is 23.2. The zero-order valence-corrected chi connectivity index (χ0v) is 18.7. The Bertz CT molecular complexity index is 855. The highest BCUT2D eigenvalue weighted by molar-refractivity contribution is 6.35.